The zero-order valence-electron chi connectivity index (χ0n) is 11.5. The van der Waals surface area contributed by atoms with E-state index in [1.807, 2.05) is 6.92 Å². The maximum atomic E-state index is 12.7. The van der Waals surface area contributed by atoms with Crippen molar-refractivity contribution in [2.24, 2.45) is 0 Å². The van der Waals surface area contributed by atoms with Gasteiger partial charge in [-0.3, -0.25) is 4.79 Å². The quantitative estimate of drug-likeness (QED) is 0.759. The SMILES string of the molecule is CCCCC(NCc1cc(C(F)(F)F)ccc1Br)C(=O)O. The van der Waals surface area contributed by atoms with Crippen molar-refractivity contribution in [1.82, 2.24) is 5.32 Å². The first-order valence-corrected chi connectivity index (χ1v) is 7.36. The van der Waals surface area contributed by atoms with E-state index in [0.717, 1.165) is 25.0 Å². The number of halogens is 4. The molecule has 1 atom stereocenters. The van der Waals surface area contributed by atoms with Crippen molar-refractivity contribution in [3.05, 3.63) is 33.8 Å². The molecule has 3 nitrogen and oxygen atoms in total. The molecule has 0 bridgehead atoms. The molecular weight excluding hydrogens is 351 g/mol. The lowest BCUT2D eigenvalue weighted by Gasteiger charge is -2.16. The molecule has 7 heteroatoms. The average Bonchev–Trinajstić information content (AvgIpc) is 2.38. The predicted molar refractivity (Wildman–Crippen MR) is 76.9 cm³/mol. The molecule has 1 rings (SSSR count). The van der Waals surface area contributed by atoms with Crippen molar-refractivity contribution >= 4 is 21.9 Å². The highest BCUT2D eigenvalue weighted by atomic mass is 79.9. The first kappa shape index (κ1) is 18.0. The van der Waals surface area contributed by atoms with Gasteiger partial charge in [-0.15, -0.1) is 0 Å². The van der Waals surface area contributed by atoms with Crippen LogP contribution in [0.25, 0.3) is 0 Å². The topological polar surface area (TPSA) is 49.3 Å². The van der Waals surface area contributed by atoms with Crippen LogP contribution < -0.4 is 5.32 Å². The van der Waals surface area contributed by atoms with Gasteiger partial charge < -0.3 is 10.4 Å². The summed E-state index contributed by atoms with van der Waals surface area (Å²) in [6, 6.07) is 2.57. The maximum absolute atomic E-state index is 12.7. The zero-order chi connectivity index (χ0) is 16.0. The number of aliphatic carboxylic acids is 1. The van der Waals surface area contributed by atoms with Gasteiger partial charge in [0.05, 0.1) is 5.56 Å². The molecule has 1 aromatic carbocycles. The van der Waals surface area contributed by atoms with Crippen molar-refractivity contribution in [2.45, 2.75) is 44.9 Å². The fourth-order valence-corrected chi connectivity index (χ4v) is 2.23. The number of unbranched alkanes of at least 4 members (excludes halogenated alkanes) is 1. The van der Waals surface area contributed by atoms with Crippen molar-refractivity contribution in [2.75, 3.05) is 0 Å². The number of carboxylic acids is 1. The van der Waals surface area contributed by atoms with Gasteiger partial charge in [0.2, 0.25) is 0 Å². The van der Waals surface area contributed by atoms with Crippen LogP contribution in [0.15, 0.2) is 22.7 Å². The van der Waals surface area contributed by atoms with Gasteiger partial charge in [0.1, 0.15) is 6.04 Å². The van der Waals surface area contributed by atoms with Crippen LogP contribution in [-0.4, -0.2) is 17.1 Å². The summed E-state index contributed by atoms with van der Waals surface area (Å²) in [5.74, 6) is -0.994. The van der Waals surface area contributed by atoms with Crippen LogP contribution in [0.1, 0.15) is 37.3 Å². The molecule has 21 heavy (non-hydrogen) atoms. The van der Waals surface area contributed by atoms with E-state index in [1.165, 1.54) is 6.07 Å². The Morgan fingerprint density at radius 1 is 1.43 bits per heavy atom. The zero-order valence-corrected chi connectivity index (χ0v) is 13.1. The fourth-order valence-electron chi connectivity index (χ4n) is 1.84. The molecule has 1 aromatic rings. The minimum Gasteiger partial charge on any atom is -0.480 e. The van der Waals surface area contributed by atoms with Gasteiger partial charge in [-0.25, -0.2) is 0 Å². The molecule has 0 aliphatic carbocycles. The van der Waals surface area contributed by atoms with Crippen LogP contribution in [0.5, 0.6) is 0 Å². The second-order valence-corrected chi connectivity index (χ2v) is 5.57. The Bertz CT molecular complexity index is 492. The lowest BCUT2D eigenvalue weighted by molar-refractivity contribution is -0.140. The molecule has 1 unspecified atom stereocenters. The van der Waals surface area contributed by atoms with Crippen LogP contribution in [0.4, 0.5) is 13.2 Å². The molecule has 0 saturated carbocycles. The smallest absolute Gasteiger partial charge is 0.416 e. The van der Waals surface area contributed by atoms with Crippen molar-refractivity contribution in [1.29, 1.82) is 0 Å². The van der Waals surface area contributed by atoms with Gasteiger partial charge in [-0.2, -0.15) is 13.2 Å². The lowest BCUT2D eigenvalue weighted by atomic mass is 10.1. The molecule has 0 radical (unpaired) electrons. The van der Waals surface area contributed by atoms with E-state index in [2.05, 4.69) is 21.2 Å². The highest BCUT2D eigenvalue weighted by molar-refractivity contribution is 9.10. The Labute approximate surface area is 129 Å². The summed E-state index contributed by atoms with van der Waals surface area (Å²) in [5, 5.41) is 11.9. The summed E-state index contributed by atoms with van der Waals surface area (Å²) in [5.41, 5.74) is -0.365. The molecule has 0 aliphatic heterocycles. The molecular formula is C14H17BrF3NO2. The van der Waals surface area contributed by atoms with Gasteiger partial charge in [-0.05, 0) is 30.2 Å². The Morgan fingerprint density at radius 3 is 2.62 bits per heavy atom. The number of carbonyl (C=O) groups is 1. The summed E-state index contributed by atoms with van der Waals surface area (Å²) in [6.07, 6.45) is -2.36. The second kappa shape index (κ2) is 7.79. The Hall–Kier alpha value is -1.08. The van der Waals surface area contributed by atoms with E-state index in [4.69, 9.17) is 5.11 Å². The number of nitrogens with one attached hydrogen (secondary N) is 1. The van der Waals surface area contributed by atoms with E-state index in [-0.39, 0.29) is 6.54 Å². The summed E-state index contributed by atoms with van der Waals surface area (Å²) >= 11 is 3.18. The third kappa shape index (κ3) is 5.67. The van der Waals surface area contributed by atoms with E-state index in [0.29, 0.717) is 16.5 Å². The fraction of sp³-hybridized carbons (Fsp3) is 0.500. The molecule has 0 heterocycles. The summed E-state index contributed by atoms with van der Waals surface area (Å²) in [6.45, 7) is 2.01. The number of alkyl halides is 3. The highest BCUT2D eigenvalue weighted by Gasteiger charge is 2.30. The molecule has 0 saturated heterocycles. The molecule has 0 fully saturated rings. The first-order chi connectivity index (χ1) is 9.75. The minimum atomic E-state index is -4.41. The highest BCUT2D eigenvalue weighted by Crippen LogP contribution is 2.31. The Morgan fingerprint density at radius 2 is 2.10 bits per heavy atom. The third-order valence-electron chi connectivity index (χ3n) is 3.06. The number of hydrogen-bond donors (Lipinski definition) is 2. The van der Waals surface area contributed by atoms with E-state index < -0.39 is 23.8 Å². The van der Waals surface area contributed by atoms with Crippen LogP contribution in [0, 0.1) is 0 Å². The monoisotopic (exact) mass is 367 g/mol. The van der Waals surface area contributed by atoms with Gasteiger partial charge in [0.15, 0.2) is 0 Å². The molecule has 0 aromatic heterocycles. The van der Waals surface area contributed by atoms with Crippen molar-refractivity contribution in [3.63, 3.8) is 0 Å². The van der Waals surface area contributed by atoms with E-state index >= 15 is 0 Å². The minimum absolute atomic E-state index is 0.0607. The predicted octanol–water partition coefficient (Wildman–Crippen LogP) is 4.20. The molecule has 0 spiro atoms. The summed E-state index contributed by atoms with van der Waals surface area (Å²) in [7, 11) is 0. The number of carboxylic acid groups (broad SMARTS) is 1. The van der Waals surface area contributed by atoms with Crippen molar-refractivity contribution < 1.29 is 23.1 Å². The first-order valence-electron chi connectivity index (χ1n) is 6.57. The third-order valence-corrected chi connectivity index (χ3v) is 3.83. The van der Waals surface area contributed by atoms with Crippen LogP contribution in [-0.2, 0) is 17.5 Å². The van der Waals surface area contributed by atoms with Gasteiger partial charge in [-0.1, -0.05) is 35.7 Å². The standard InChI is InChI=1S/C14H17BrF3NO2/c1-2-3-4-12(13(20)21)19-8-9-7-10(14(16,17)18)5-6-11(9)15/h5-7,12,19H,2-4,8H2,1H3,(H,20,21). The second-order valence-electron chi connectivity index (χ2n) is 4.72. The summed E-state index contributed by atoms with van der Waals surface area (Å²) in [4.78, 5) is 11.1. The van der Waals surface area contributed by atoms with Crippen molar-refractivity contribution in [3.8, 4) is 0 Å². The number of rotatable bonds is 7. The Balaban J connectivity index is 2.79. The molecule has 2 N–H and O–H groups in total. The lowest BCUT2D eigenvalue weighted by Crippen LogP contribution is -2.36. The molecule has 0 amide bonds. The number of hydrogen-bond acceptors (Lipinski definition) is 2. The average molecular weight is 368 g/mol. The molecule has 0 aliphatic rings. The Kier molecular flexibility index (Phi) is 6.67. The normalized spacial score (nSPS) is 13.2. The van der Waals surface area contributed by atoms with Gasteiger partial charge in [0, 0.05) is 11.0 Å². The van der Waals surface area contributed by atoms with Gasteiger partial charge in [0.25, 0.3) is 0 Å². The maximum Gasteiger partial charge on any atom is 0.416 e. The van der Waals surface area contributed by atoms with Crippen LogP contribution in [0.2, 0.25) is 0 Å². The van der Waals surface area contributed by atoms with E-state index in [1.54, 1.807) is 0 Å². The van der Waals surface area contributed by atoms with Crippen LogP contribution >= 0.6 is 15.9 Å². The van der Waals surface area contributed by atoms with E-state index in [9.17, 15) is 18.0 Å². The summed E-state index contributed by atoms with van der Waals surface area (Å²) < 4.78 is 38.5. The largest absolute Gasteiger partial charge is 0.480 e. The number of benzene rings is 1. The van der Waals surface area contributed by atoms with Gasteiger partial charge >= 0.3 is 12.1 Å². The van der Waals surface area contributed by atoms with Crippen LogP contribution in [0.3, 0.4) is 0 Å². The molecule has 118 valence electrons.